The number of fused-ring (bicyclic) bond motifs is 1. The predicted molar refractivity (Wildman–Crippen MR) is 86.8 cm³/mol. The molecule has 1 heterocycles. The molecule has 0 saturated carbocycles. The highest BCUT2D eigenvalue weighted by atomic mass is 79.9. The first-order chi connectivity index (χ1) is 9.11. The second kappa shape index (κ2) is 5.12. The molecule has 3 aromatic rings. The summed E-state index contributed by atoms with van der Waals surface area (Å²) in [5, 5.41) is 4.97. The van der Waals surface area contributed by atoms with E-state index in [2.05, 4.69) is 39.2 Å². The molecule has 0 fully saturated rings. The average Bonchev–Trinajstić information content (AvgIpc) is 2.75. The molecule has 0 unspecified atom stereocenters. The van der Waals surface area contributed by atoms with Crippen molar-refractivity contribution < 1.29 is 0 Å². The minimum atomic E-state index is 0.737. The lowest BCUT2D eigenvalue weighted by Gasteiger charge is -2.06. The van der Waals surface area contributed by atoms with Gasteiger partial charge in [0.1, 0.15) is 0 Å². The lowest BCUT2D eigenvalue weighted by molar-refractivity contribution is 1.39. The van der Waals surface area contributed by atoms with Gasteiger partial charge in [0.05, 0.1) is 10.2 Å². The van der Waals surface area contributed by atoms with Gasteiger partial charge in [-0.2, -0.15) is 0 Å². The topological polar surface area (TPSA) is 24.9 Å². The van der Waals surface area contributed by atoms with Gasteiger partial charge in [-0.15, -0.1) is 0 Å². The molecule has 1 N–H and O–H groups in total. The van der Waals surface area contributed by atoms with E-state index in [9.17, 15) is 0 Å². The highest BCUT2D eigenvalue weighted by Crippen LogP contribution is 2.31. The molecular weight excluding hydrogens is 344 g/mol. The van der Waals surface area contributed by atoms with Crippen molar-refractivity contribution in [1.29, 1.82) is 0 Å². The van der Waals surface area contributed by atoms with Crippen LogP contribution in [0.2, 0.25) is 5.02 Å². The number of nitrogens with zero attached hydrogens (tertiary/aromatic N) is 1. The minimum absolute atomic E-state index is 0.737. The third-order valence-corrected chi connectivity index (χ3v) is 4.45. The van der Waals surface area contributed by atoms with Crippen molar-refractivity contribution in [2.45, 2.75) is 6.92 Å². The van der Waals surface area contributed by atoms with Gasteiger partial charge in [-0.25, -0.2) is 4.98 Å². The van der Waals surface area contributed by atoms with Crippen molar-refractivity contribution in [1.82, 2.24) is 4.98 Å². The fourth-order valence-corrected chi connectivity index (χ4v) is 3.31. The summed E-state index contributed by atoms with van der Waals surface area (Å²) in [5.74, 6) is 0. The Morgan fingerprint density at radius 3 is 2.89 bits per heavy atom. The molecule has 0 spiro atoms. The van der Waals surface area contributed by atoms with Crippen molar-refractivity contribution in [2.75, 3.05) is 5.32 Å². The number of aryl methyl sites for hydroxylation is 1. The summed E-state index contributed by atoms with van der Waals surface area (Å²) in [7, 11) is 0. The Hall–Kier alpha value is -1.10. The first kappa shape index (κ1) is 12.9. The Kier molecular flexibility index (Phi) is 3.48. The molecule has 2 nitrogen and oxygen atoms in total. The van der Waals surface area contributed by atoms with Gasteiger partial charge in [-0.1, -0.05) is 44.9 Å². The lowest BCUT2D eigenvalue weighted by atomic mass is 10.2. The van der Waals surface area contributed by atoms with Gasteiger partial charge in [-0.05, 0) is 42.8 Å². The highest BCUT2D eigenvalue weighted by molar-refractivity contribution is 9.10. The van der Waals surface area contributed by atoms with E-state index in [-0.39, 0.29) is 0 Å². The van der Waals surface area contributed by atoms with Gasteiger partial charge in [0, 0.05) is 15.2 Å². The van der Waals surface area contributed by atoms with E-state index in [0.717, 1.165) is 30.5 Å². The highest BCUT2D eigenvalue weighted by Gasteiger charge is 2.06. The fourth-order valence-electron chi connectivity index (χ4n) is 1.80. The van der Waals surface area contributed by atoms with Crippen LogP contribution in [0.25, 0.3) is 10.2 Å². The standard InChI is InChI=1S/C14H10BrClN2S/c1-8-2-3-9(15)6-12(8)18-14-17-11-5-4-10(16)7-13(11)19-14/h2-7H,1H3,(H,17,18). The number of aromatic nitrogens is 1. The van der Waals surface area contributed by atoms with E-state index in [1.807, 2.05) is 30.3 Å². The maximum atomic E-state index is 5.99. The van der Waals surface area contributed by atoms with Crippen molar-refractivity contribution in [3.05, 3.63) is 51.5 Å². The van der Waals surface area contributed by atoms with Crippen LogP contribution in [-0.2, 0) is 0 Å². The third kappa shape index (κ3) is 2.76. The Bertz CT molecular complexity index is 754. The number of benzene rings is 2. The molecule has 1 aromatic heterocycles. The van der Waals surface area contributed by atoms with Crippen molar-refractivity contribution >= 4 is 59.9 Å². The summed E-state index contributed by atoms with van der Waals surface area (Å²) < 4.78 is 2.13. The zero-order valence-electron chi connectivity index (χ0n) is 10.1. The molecule has 0 aliphatic carbocycles. The molecule has 0 radical (unpaired) electrons. The maximum absolute atomic E-state index is 5.99. The van der Waals surface area contributed by atoms with Crippen LogP contribution in [0.3, 0.4) is 0 Å². The molecule has 0 aliphatic rings. The van der Waals surface area contributed by atoms with Crippen molar-refractivity contribution in [2.24, 2.45) is 0 Å². The van der Waals surface area contributed by atoms with Gasteiger partial charge >= 0.3 is 0 Å². The fraction of sp³-hybridized carbons (Fsp3) is 0.0714. The molecule has 0 saturated heterocycles. The van der Waals surface area contributed by atoms with E-state index < -0.39 is 0 Å². The summed E-state index contributed by atoms with van der Waals surface area (Å²) >= 11 is 11.1. The van der Waals surface area contributed by atoms with Crippen LogP contribution < -0.4 is 5.32 Å². The zero-order chi connectivity index (χ0) is 13.4. The molecule has 3 rings (SSSR count). The zero-order valence-corrected chi connectivity index (χ0v) is 13.2. The quantitative estimate of drug-likeness (QED) is 0.633. The van der Waals surface area contributed by atoms with Crippen LogP contribution in [-0.4, -0.2) is 4.98 Å². The van der Waals surface area contributed by atoms with E-state index >= 15 is 0 Å². The van der Waals surface area contributed by atoms with Crippen molar-refractivity contribution in [3.63, 3.8) is 0 Å². The van der Waals surface area contributed by atoms with E-state index in [1.165, 1.54) is 5.56 Å². The molecule has 0 bridgehead atoms. The Morgan fingerprint density at radius 1 is 1.21 bits per heavy atom. The van der Waals surface area contributed by atoms with Crippen LogP contribution in [0, 0.1) is 6.92 Å². The van der Waals surface area contributed by atoms with Crippen LogP contribution in [0.5, 0.6) is 0 Å². The number of rotatable bonds is 2. The third-order valence-electron chi connectivity index (χ3n) is 2.79. The van der Waals surface area contributed by atoms with Crippen molar-refractivity contribution in [3.8, 4) is 0 Å². The normalized spacial score (nSPS) is 10.9. The SMILES string of the molecule is Cc1ccc(Br)cc1Nc1nc2ccc(Cl)cc2s1. The monoisotopic (exact) mass is 352 g/mol. The van der Waals surface area contributed by atoms with Crippen LogP contribution in [0.4, 0.5) is 10.8 Å². The number of anilines is 2. The molecular formula is C14H10BrClN2S. The molecule has 96 valence electrons. The summed E-state index contributed by atoms with van der Waals surface area (Å²) in [6, 6.07) is 11.9. The van der Waals surface area contributed by atoms with Gasteiger partial charge < -0.3 is 5.32 Å². The molecule has 2 aromatic carbocycles. The van der Waals surface area contributed by atoms with Crippen LogP contribution in [0.15, 0.2) is 40.9 Å². The van der Waals surface area contributed by atoms with E-state index in [4.69, 9.17) is 11.6 Å². The summed E-state index contributed by atoms with van der Waals surface area (Å²) in [5.41, 5.74) is 3.20. The second-order valence-electron chi connectivity index (χ2n) is 4.22. The maximum Gasteiger partial charge on any atom is 0.188 e. The van der Waals surface area contributed by atoms with Gasteiger partial charge in [0.25, 0.3) is 0 Å². The van der Waals surface area contributed by atoms with Crippen LogP contribution >= 0.6 is 38.9 Å². The van der Waals surface area contributed by atoms with E-state index in [1.54, 1.807) is 11.3 Å². The predicted octanol–water partition coefficient (Wildman–Crippen LogP) is 5.76. The van der Waals surface area contributed by atoms with Gasteiger partial charge in [0.2, 0.25) is 0 Å². The smallest absolute Gasteiger partial charge is 0.188 e. The van der Waals surface area contributed by atoms with Gasteiger partial charge in [0.15, 0.2) is 5.13 Å². The Morgan fingerprint density at radius 2 is 2.05 bits per heavy atom. The first-order valence-electron chi connectivity index (χ1n) is 5.71. The second-order valence-corrected chi connectivity index (χ2v) is 6.60. The van der Waals surface area contributed by atoms with Crippen LogP contribution in [0.1, 0.15) is 5.56 Å². The largest absolute Gasteiger partial charge is 0.331 e. The molecule has 0 amide bonds. The number of hydrogen-bond acceptors (Lipinski definition) is 3. The van der Waals surface area contributed by atoms with E-state index in [0.29, 0.717) is 0 Å². The molecule has 0 aliphatic heterocycles. The number of hydrogen-bond donors (Lipinski definition) is 1. The first-order valence-corrected chi connectivity index (χ1v) is 7.70. The Balaban J connectivity index is 1.98. The summed E-state index contributed by atoms with van der Waals surface area (Å²) in [6.07, 6.45) is 0. The lowest BCUT2D eigenvalue weighted by Crippen LogP contribution is -1.92. The molecule has 19 heavy (non-hydrogen) atoms. The number of halogens is 2. The molecule has 0 atom stereocenters. The van der Waals surface area contributed by atoms with Gasteiger partial charge in [-0.3, -0.25) is 0 Å². The average molecular weight is 354 g/mol. The minimum Gasteiger partial charge on any atom is -0.331 e. The Labute approximate surface area is 128 Å². The summed E-state index contributed by atoms with van der Waals surface area (Å²) in [4.78, 5) is 4.55. The number of thiazole rings is 1. The molecule has 5 heteroatoms. The number of nitrogens with one attached hydrogen (secondary N) is 1. The summed E-state index contributed by atoms with van der Waals surface area (Å²) in [6.45, 7) is 2.07.